The van der Waals surface area contributed by atoms with E-state index in [1.165, 1.54) is 11.8 Å². The monoisotopic (exact) mass is 449 g/mol. The predicted octanol–water partition coefficient (Wildman–Crippen LogP) is 7.22. The van der Waals surface area contributed by atoms with Gasteiger partial charge < -0.3 is 4.74 Å². The summed E-state index contributed by atoms with van der Waals surface area (Å²) in [5.41, 5.74) is 1.60. The fourth-order valence-corrected chi connectivity index (χ4v) is 4.76. The van der Waals surface area contributed by atoms with E-state index >= 15 is 0 Å². The number of rotatable bonds is 4. The molecule has 0 aliphatic carbocycles. The Balaban J connectivity index is 1.59. The summed E-state index contributed by atoms with van der Waals surface area (Å²) < 4.78 is 5.82. The molecule has 142 valence electrons. The number of anilines is 1. The third-order valence-corrected chi connectivity index (χ3v) is 6.56. The highest BCUT2D eigenvalue weighted by Crippen LogP contribution is 2.45. The Morgan fingerprint density at radius 1 is 0.893 bits per heavy atom. The summed E-state index contributed by atoms with van der Waals surface area (Å²) in [5.74, 6) is 1.77. The van der Waals surface area contributed by atoms with Crippen molar-refractivity contribution in [3.05, 3.63) is 87.4 Å². The first kappa shape index (κ1) is 19.5. The average Bonchev–Trinajstić information content (AvgIpc) is 3.08. The van der Waals surface area contributed by atoms with Crippen LogP contribution in [0.15, 0.2) is 66.7 Å². The Morgan fingerprint density at radius 3 is 2.21 bits per heavy atom. The van der Waals surface area contributed by atoms with Crippen LogP contribution < -0.4 is 9.64 Å². The standard InChI is InChI=1S/C21H14Cl3NO2S/c22-13-4-8-15(9-5-13)27-16-10-6-14(7-11-16)25-19(26)12-28-21(25)17-2-1-3-18(23)20(17)24/h1-11,21H,12H2/t21-/m0/s1. The van der Waals surface area contributed by atoms with Crippen LogP contribution in [0.4, 0.5) is 5.69 Å². The molecule has 1 heterocycles. The highest BCUT2D eigenvalue weighted by molar-refractivity contribution is 8.00. The van der Waals surface area contributed by atoms with Crippen LogP contribution in [0, 0.1) is 0 Å². The van der Waals surface area contributed by atoms with Crippen molar-refractivity contribution in [2.24, 2.45) is 0 Å². The molecule has 0 unspecified atom stereocenters. The quantitative estimate of drug-likeness (QED) is 0.420. The SMILES string of the molecule is O=C1CS[C@@H](c2cccc(Cl)c2Cl)N1c1ccc(Oc2ccc(Cl)cc2)cc1. The summed E-state index contributed by atoms with van der Waals surface area (Å²) in [7, 11) is 0. The van der Waals surface area contributed by atoms with Crippen LogP contribution in [0.2, 0.25) is 15.1 Å². The normalized spacial score (nSPS) is 16.5. The summed E-state index contributed by atoms with van der Waals surface area (Å²) >= 11 is 20.0. The summed E-state index contributed by atoms with van der Waals surface area (Å²) in [4.78, 5) is 14.3. The van der Waals surface area contributed by atoms with Crippen molar-refractivity contribution in [1.29, 1.82) is 0 Å². The second-order valence-corrected chi connectivity index (χ2v) is 8.41. The lowest BCUT2D eigenvalue weighted by molar-refractivity contribution is -0.115. The van der Waals surface area contributed by atoms with E-state index in [0.29, 0.717) is 32.3 Å². The lowest BCUT2D eigenvalue weighted by Gasteiger charge is -2.25. The van der Waals surface area contributed by atoms with Crippen molar-refractivity contribution in [3.8, 4) is 11.5 Å². The summed E-state index contributed by atoms with van der Waals surface area (Å²) in [6, 6.07) is 20.0. The number of hydrogen-bond donors (Lipinski definition) is 0. The van der Waals surface area contributed by atoms with Gasteiger partial charge in [-0.2, -0.15) is 0 Å². The van der Waals surface area contributed by atoms with Crippen molar-refractivity contribution < 1.29 is 9.53 Å². The van der Waals surface area contributed by atoms with Gasteiger partial charge >= 0.3 is 0 Å². The Hall–Kier alpha value is -1.85. The minimum Gasteiger partial charge on any atom is -0.457 e. The maximum atomic E-state index is 12.5. The number of hydrogen-bond acceptors (Lipinski definition) is 3. The molecule has 1 saturated heterocycles. The molecule has 3 aromatic carbocycles. The molecule has 0 saturated carbocycles. The second kappa shape index (κ2) is 8.26. The van der Waals surface area contributed by atoms with Gasteiger partial charge in [0.2, 0.25) is 5.91 Å². The zero-order valence-corrected chi connectivity index (χ0v) is 17.5. The summed E-state index contributed by atoms with van der Waals surface area (Å²) in [6.45, 7) is 0. The van der Waals surface area contributed by atoms with Crippen LogP contribution in [0.25, 0.3) is 0 Å². The van der Waals surface area contributed by atoms with Gasteiger partial charge in [-0.05, 0) is 54.6 Å². The first-order valence-corrected chi connectivity index (χ1v) is 10.6. The fourth-order valence-electron chi connectivity index (χ4n) is 2.96. The molecule has 1 amide bonds. The van der Waals surface area contributed by atoms with E-state index in [9.17, 15) is 4.79 Å². The Bertz CT molecular complexity index is 1010. The van der Waals surface area contributed by atoms with Crippen molar-refractivity contribution in [2.45, 2.75) is 5.37 Å². The number of thioether (sulfide) groups is 1. The molecule has 1 aliphatic rings. The molecule has 1 aliphatic heterocycles. The first-order valence-electron chi connectivity index (χ1n) is 8.44. The van der Waals surface area contributed by atoms with E-state index in [0.717, 1.165) is 11.3 Å². The largest absolute Gasteiger partial charge is 0.457 e. The zero-order valence-electron chi connectivity index (χ0n) is 14.4. The number of ether oxygens (including phenoxy) is 1. The maximum absolute atomic E-state index is 12.5. The van der Waals surface area contributed by atoms with Crippen molar-refractivity contribution in [1.82, 2.24) is 0 Å². The van der Waals surface area contributed by atoms with Crippen molar-refractivity contribution in [2.75, 3.05) is 10.7 Å². The van der Waals surface area contributed by atoms with E-state index in [4.69, 9.17) is 39.5 Å². The fraction of sp³-hybridized carbons (Fsp3) is 0.0952. The minimum absolute atomic E-state index is 0.0254. The first-order chi connectivity index (χ1) is 13.5. The molecule has 0 radical (unpaired) electrons. The van der Waals surface area contributed by atoms with Gasteiger partial charge in [-0.25, -0.2) is 0 Å². The number of halogens is 3. The highest BCUT2D eigenvalue weighted by Gasteiger charge is 2.35. The topological polar surface area (TPSA) is 29.5 Å². The van der Waals surface area contributed by atoms with Gasteiger partial charge in [-0.1, -0.05) is 46.9 Å². The van der Waals surface area contributed by atoms with Gasteiger partial charge in [0.1, 0.15) is 16.9 Å². The molecule has 3 nitrogen and oxygen atoms in total. The van der Waals surface area contributed by atoms with Crippen LogP contribution in [0.1, 0.15) is 10.9 Å². The predicted molar refractivity (Wildman–Crippen MR) is 117 cm³/mol. The minimum atomic E-state index is -0.221. The van der Waals surface area contributed by atoms with Crippen LogP contribution in [0.3, 0.4) is 0 Å². The third kappa shape index (κ3) is 3.96. The molecule has 7 heteroatoms. The van der Waals surface area contributed by atoms with Gasteiger partial charge in [0.05, 0.1) is 15.8 Å². The van der Waals surface area contributed by atoms with Gasteiger partial charge in [-0.3, -0.25) is 9.69 Å². The second-order valence-electron chi connectivity index (χ2n) is 6.12. The molecular formula is C21H14Cl3NO2S. The molecular weight excluding hydrogens is 437 g/mol. The van der Waals surface area contributed by atoms with Crippen LogP contribution in [-0.4, -0.2) is 11.7 Å². The molecule has 0 aromatic heterocycles. The highest BCUT2D eigenvalue weighted by atomic mass is 35.5. The van der Waals surface area contributed by atoms with Crippen LogP contribution in [0.5, 0.6) is 11.5 Å². The van der Waals surface area contributed by atoms with Crippen LogP contribution in [-0.2, 0) is 4.79 Å². The number of benzene rings is 3. The molecule has 0 N–H and O–H groups in total. The molecule has 1 atom stereocenters. The summed E-state index contributed by atoms with van der Waals surface area (Å²) in [5, 5.41) is 1.38. The smallest absolute Gasteiger partial charge is 0.238 e. The van der Waals surface area contributed by atoms with E-state index in [-0.39, 0.29) is 11.3 Å². The molecule has 28 heavy (non-hydrogen) atoms. The Morgan fingerprint density at radius 2 is 1.54 bits per heavy atom. The number of nitrogens with zero attached hydrogens (tertiary/aromatic N) is 1. The van der Waals surface area contributed by atoms with Gasteiger partial charge in [0.15, 0.2) is 0 Å². The van der Waals surface area contributed by atoms with Gasteiger partial charge in [0, 0.05) is 16.3 Å². The number of carbonyl (C=O) groups excluding carboxylic acids is 1. The maximum Gasteiger partial charge on any atom is 0.238 e. The zero-order chi connectivity index (χ0) is 19.7. The van der Waals surface area contributed by atoms with Crippen molar-refractivity contribution >= 4 is 58.2 Å². The molecule has 0 bridgehead atoms. The number of amides is 1. The lowest BCUT2D eigenvalue weighted by atomic mass is 10.2. The Kier molecular flexibility index (Phi) is 5.74. The van der Waals surface area contributed by atoms with Crippen molar-refractivity contribution in [3.63, 3.8) is 0 Å². The van der Waals surface area contributed by atoms with E-state index < -0.39 is 0 Å². The van der Waals surface area contributed by atoms with Gasteiger partial charge in [0.25, 0.3) is 0 Å². The molecule has 4 rings (SSSR count). The van der Waals surface area contributed by atoms with E-state index in [2.05, 4.69) is 0 Å². The van der Waals surface area contributed by atoms with E-state index in [1.54, 1.807) is 35.2 Å². The van der Waals surface area contributed by atoms with Crippen LogP contribution >= 0.6 is 46.6 Å². The van der Waals surface area contributed by atoms with Gasteiger partial charge in [-0.15, -0.1) is 11.8 Å². The molecule has 0 spiro atoms. The third-order valence-electron chi connectivity index (χ3n) is 4.28. The van der Waals surface area contributed by atoms with E-state index in [1.807, 2.05) is 36.4 Å². The lowest BCUT2D eigenvalue weighted by Crippen LogP contribution is -2.27. The number of carbonyl (C=O) groups is 1. The Labute approximate surface area is 182 Å². The average molecular weight is 451 g/mol. The molecule has 1 fully saturated rings. The molecule has 3 aromatic rings. The summed E-state index contributed by atoms with van der Waals surface area (Å²) in [6.07, 6.45) is 0.